The van der Waals surface area contributed by atoms with Crippen molar-refractivity contribution in [3.8, 4) is 5.75 Å². The number of ether oxygens (including phenoxy) is 1. The first-order chi connectivity index (χ1) is 12.7. The topological polar surface area (TPSA) is 113 Å². The van der Waals surface area contributed by atoms with Crippen molar-refractivity contribution >= 4 is 17.8 Å². The largest absolute Gasteiger partial charge is 0.484 e. The number of para-hydroxylation sites is 1. The van der Waals surface area contributed by atoms with Crippen LogP contribution in [-0.2, 0) is 9.59 Å². The van der Waals surface area contributed by atoms with Gasteiger partial charge in [0.25, 0.3) is 17.8 Å². The standard InChI is InChI=1S/C17H14N6O3/c24-15(18-17-19-21-22-20-17)12-10-14(26-11-6-2-1-3-7-11)13-8-4-5-9-23(13)16(12)25/h1-10,13-14H,(H2,18,19,20,21,22,24). The molecule has 2 atom stereocenters. The molecule has 2 aliphatic rings. The predicted octanol–water partition coefficient (Wildman–Crippen LogP) is 0.806. The summed E-state index contributed by atoms with van der Waals surface area (Å²) in [5.41, 5.74) is -0.0491. The number of fused-ring (bicyclic) bond motifs is 1. The number of aromatic amines is 1. The number of carbonyl (C=O) groups is 2. The quantitative estimate of drug-likeness (QED) is 0.789. The van der Waals surface area contributed by atoms with Crippen LogP contribution in [0, 0.1) is 0 Å². The van der Waals surface area contributed by atoms with Crippen molar-refractivity contribution < 1.29 is 14.3 Å². The number of anilines is 1. The highest BCUT2D eigenvalue weighted by Crippen LogP contribution is 2.26. The Morgan fingerprint density at radius 2 is 2.08 bits per heavy atom. The van der Waals surface area contributed by atoms with E-state index >= 15 is 0 Å². The monoisotopic (exact) mass is 350 g/mol. The summed E-state index contributed by atoms with van der Waals surface area (Å²) in [6, 6.07) is 8.88. The third-order valence-electron chi connectivity index (χ3n) is 3.95. The van der Waals surface area contributed by atoms with E-state index in [1.165, 1.54) is 11.0 Å². The lowest BCUT2D eigenvalue weighted by atomic mass is 9.96. The first-order valence-electron chi connectivity index (χ1n) is 7.88. The molecule has 2 aromatic rings. The number of amides is 2. The van der Waals surface area contributed by atoms with E-state index in [-0.39, 0.29) is 17.6 Å². The van der Waals surface area contributed by atoms with Gasteiger partial charge in [0.1, 0.15) is 17.4 Å². The van der Waals surface area contributed by atoms with Crippen molar-refractivity contribution in [2.75, 3.05) is 5.32 Å². The Bertz CT molecular complexity index is 904. The number of benzene rings is 1. The number of allylic oxidation sites excluding steroid dienone is 2. The number of rotatable bonds is 4. The fraction of sp³-hybridized carbons (Fsp3) is 0.118. The van der Waals surface area contributed by atoms with Crippen molar-refractivity contribution in [2.24, 2.45) is 0 Å². The number of tetrazole rings is 1. The van der Waals surface area contributed by atoms with Gasteiger partial charge in [0.15, 0.2) is 0 Å². The molecule has 1 aromatic carbocycles. The summed E-state index contributed by atoms with van der Waals surface area (Å²) in [5, 5.41) is 15.3. The summed E-state index contributed by atoms with van der Waals surface area (Å²) < 4.78 is 6.00. The van der Waals surface area contributed by atoms with Crippen LogP contribution < -0.4 is 10.1 Å². The fourth-order valence-electron chi connectivity index (χ4n) is 2.77. The molecule has 1 aromatic heterocycles. The van der Waals surface area contributed by atoms with E-state index < -0.39 is 17.9 Å². The summed E-state index contributed by atoms with van der Waals surface area (Å²) in [5.74, 6) is -0.423. The first kappa shape index (κ1) is 15.8. The Morgan fingerprint density at radius 1 is 1.23 bits per heavy atom. The molecule has 4 rings (SSSR count). The molecule has 0 bridgehead atoms. The van der Waals surface area contributed by atoms with Crippen LogP contribution >= 0.6 is 0 Å². The number of nitrogens with zero attached hydrogens (tertiary/aromatic N) is 4. The van der Waals surface area contributed by atoms with Gasteiger partial charge in [-0.25, -0.2) is 0 Å². The summed E-state index contributed by atoms with van der Waals surface area (Å²) in [6.45, 7) is 0. The number of hydrogen-bond acceptors (Lipinski definition) is 6. The van der Waals surface area contributed by atoms with Gasteiger partial charge in [-0.1, -0.05) is 35.4 Å². The van der Waals surface area contributed by atoms with E-state index in [4.69, 9.17) is 4.74 Å². The molecule has 3 heterocycles. The zero-order valence-electron chi connectivity index (χ0n) is 13.4. The molecule has 9 nitrogen and oxygen atoms in total. The lowest BCUT2D eigenvalue weighted by Gasteiger charge is -2.37. The number of hydrogen-bond donors (Lipinski definition) is 2. The summed E-state index contributed by atoms with van der Waals surface area (Å²) in [7, 11) is 0. The van der Waals surface area contributed by atoms with Crippen molar-refractivity contribution in [3.63, 3.8) is 0 Å². The molecule has 2 unspecified atom stereocenters. The van der Waals surface area contributed by atoms with Crippen LogP contribution in [0.25, 0.3) is 0 Å². The maximum Gasteiger partial charge on any atom is 0.270 e. The van der Waals surface area contributed by atoms with Crippen LogP contribution in [-0.4, -0.2) is 49.5 Å². The summed E-state index contributed by atoms with van der Waals surface area (Å²) >= 11 is 0. The van der Waals surface area contributed by atoms with E-state index in [9.17, 15) is 9.59 Å². The van der Waals surface area contributed by atoms with E-state index in [2.05, 4.69) is 25.9 Å². The number of nitrogens with one attached hydrogen (secondary N) is 2. The smallest absolute Gasteiger partial charge is 0.270 e. The van der Waals surface area contributed by atoms with E-state index in [1.54, 1.807) is 12.3 Å². The highest BCUT2D eigenvalue weighted by molar-refractivity contribution is 6.23. The Kier molecular flexibility index (Phi) is 4.02. The molecule has 2 N–H and O–H groups in total. The Hall–Kier alpha value is -3.75. The molecule has 26 heavy (non-hydrogen) atoms. The Morgan fingerprint density at radius 3 is 2.85 bits per heavy atom. The van der Waals surface area contributed by atoms with E-state index in [0.29, 0.717) is 5.75 Å². The van der Waals surface area contributed by atoms with Gasteiger partial charge in [0.05, 0.1) is 6.04 Å². The van der Waals surface area contributed by atoms with Crippen LogP contribution in [0.2, 0.25) is 0 Å². The van der Waals surface area contributed by atoms with Crippen LogP contribution in [0.5, 0.6) is 5.75 Å². The van der Waals surface area contributed by atoms with Crippen LogP contribution in [0.1, 0.15) is 0 Å². The highest BCUT2D eigenvalue weighted by atomic mass is 16.5. The molecule has 0 radical (unpaired) electrons. The summed E-state index contributed by atoms with van der Waals surface area (Å²) in [6.07, 6.45) is 8.05. The number of aromatic nitrogens is 4. The number of H-pyrrole nitrogens is 1. The third kappa shape index (κ3) is 2.97. The van der Waals surface area contributed by atoms with Crippen molar-refractivity contribution in [1.82, 2.24) is 25.5 Å². The molecule has 0 spiro atoms. The molecule has 0 saturated heterocycles. The predicted molar refractivity (Wildman–Crippen MR) is 90.7 cm³/mol. The fourth-order valence-corrected chi connectivity index (χ4v) is 2.77. The average Bonchev–Trinajstić information content (AvgIpc) is 3.18. The molecule has 0 saturated carbocycles. The van der Waals surface area contributed by atoms with Gasteiger partial charge in [-0.3, -0.25) is 14.9 Å². The van der Waals surface area contributed by atoms with Crippen LogP contribution in [0.15, 0.2) is 66.4 Å². The molecular formula is C17H14N6O3. The van der Waals surface area contributed by atoms with Crippen LogP contribution in [0.4, 0.5) is 5.95 Å². The molecule has 130 valence electrons. The molecule has 0 fully saturated rings. The SMILES string of the molecule is O=C(Nc1nn[nH]n1)C1=CC(Oc2ccccc2)C2C=CC=CN2C1=O. The van der Waals surface area contributed by atoms with Crippen molar-refractivity contribution in [3.05, 3.63) is 66.4 Å². The number of carbonyl (C=O) groups excluding carboxylic acids is 2. The lowest BCUT2D eigenvalue weighted by molar-refractivity contribution is -0.130. The van der Waals surface area contributed by atoms with Gasteiger partial charge in [-0.05, 0) is 29.5 Å². The van der Waals surface area contributed by atoms with Gasteiger partial charge in [0.2, 0.25) is 0 Å². The van der Waals surface area contributed by atoms with Crippen molar-refractivity contribution in [2.45, 2.75) is 12.1 Å². The Labute approximate surface area is 148 Å². The van der Waals surface area contributed by atoms with Gasteiger partial charge in [-0.15, -0.1) is 5.10 Å². The van der Waals surface area contributed by atoms with E-state index in [1.807, 2.05) is 42.5 Å². The zero-order valence-corrected chi connectivity index (χ0v) is 13.4. The second-order valence-electron chi connectivity index (χ2n) is 5.59. The second-order valence-corrected chi connectivity index (χ2v) is 5.59. The van der Waals surface area contributed by atoms with Gasteiger partial charge < -0.3 is 9.64 Å². The van der Waals surface area contributed by atoms with Gasteiger partial charge in [0, 0.05) is 6.20 Å². The molecule has 2 amide bonds. The minimum atomic E-state index is -0.625. The minimum absolute atomic E-state index is 0.0135. The molecule has 0 aliphatic carbocycles. The Balaban J connectivity index is 1.65. The minimum Gasteiger partial charge on any atom is -0.484 e. The van der Waals surface area contributed by atoms with Gasteiger partial charge >= 0.3 is 0 Å². The average molecular weight is 350 g/mol. The second kappa shape index (κ2) is 6.63. The van der Waals surface area contributed by atoms with Crippen molar-refractivity contribution in [1.29, 1.82) is 0 Å². The molecule has 2 aliphatic heterocycles. The molecular weight excluding hydrogens is 336 g/mol. The first-order valence-corrected chi connectivity index (χ1v) is 7.88. The summed E-state index contributed by atoms with van der Waals surface area (Å²) in [4.78, 5) is 26.7. The normalized spacial score (nSPS) is 21.2. The lowest BCUT2D eigenvalue weighted by Crippen LogP contribution is -2.51. The maximum atomic E-state index is 12.7. The van der Waals surface area contributed by atoms with Crippen LogP contribution in [0.3, 0.4) is 0 Å². The maximum absolute atomic E-state index is 12.7. The van der Waals surface area contributed by atoms with Gasteiger partial charge in [-0.2, -0.15) is 5.21 Å². The third-order valence-corrected chi connectivity index (χ3v) is 3.95. The van der Waals surface area contributed by atoms with E-state index in [0.717, 1.165) is 0 Å². The molecule has 9 heteroatoms. The zero-order chi connectivity index (χ0) is 17.9. The highest BCUT2D eigenvalue weighted by Gasteiger charge is 2.38.